The number of carbonyl (C=O) groups is 1. The molecule has 4 nitrogen and oxygen atoms in total. The van der Waals surface area contributed by atoms with E-state index in [0.717, 1.165) is 16.8 Å². The highest BCUT2D eigenvalue weighted by Gasteiger charge is 2.37. The van der Waals surface area contributed by atoms with E-state index in [1.807, 2.05) is 43.3 Å². The van der Waals surface area contributed by atoms with Crippen LogP contribution in [0.25, 0.3) is 0 Å². The maximum absolute atomic E-state index is 12.0. The third-order valence-electron chi connectivity index (χ3n) is 4.06. The molecule has 0 radical (unpaired) electrons. The second-order valence-corrected chi connectivity index (χ2v) is 5.60. The number of ether oxygens (including phenoxy) is 1. The highest BCUT2D eigenvalue weighted by Crippen LogP contribution is 2.34. The van der Waals surface area contributed by atoms with Crippen LogP contribution in [0.2, 0.25) is 0 Å². The van der Waals surface area contributed by atoms with E-state index < -0.39 is 11.4 Å². The van der Waals surface area contributed by atoms with Gasteiger partial charge in [0.2, 0.25) is 0 Å². The number of hydrogen-bond donors (Lipinski definition) is 1. The third kappa shape index (κ3) is 2.77. The number of carboxylic acids is 1. The van der Waals surface area contributed by atoms with Crippen LogP contribution in [-0.4, -0.2) is 32.3 Å². The van der Waals surface area contributed by atoms with Crippen LogP contribution in [0, 0.1) is 0 Å². The van der Waals surface area contributed by atoms with Gasteiger partial charge in [-0.15, -0.1) is 0 Å². The molecule has 0 saturated heterocycles. The van der Waals surface area contributed by atoms with E-state index in [4.69, 9.17) is 4.74 Å². The van der Waals surface area contributed by atoms with E-state index in [0.29, 0.717) is 5.75 Å². The van der Waals surface area contributed by atoms with Crippen molar-refractivity contribution in [3.05, 3.63) is 59.7 Å². The van der Waals surface area contributed by atoms with Gasteiger partial charge in [0, 0.05) is 19.8 Å². The number of nitrogens with zero attached hydrogens (tertiary/aromatic N) is 1. The molecule has 22 heavy (non-hydrogen) atoms. The van der Waals surface area contributed by atoms with Gasteiger partial charge in [-0.25, -0.2) is 0 Å². The lowest BCUT2D eigenvalue weighted by molar-refractivity contribution is -0.141. The molecule has 0 aromatic heterocycles. The predicted molar refractivity (Wildman–Crippen MR) is 87.9 cm³/mol. The maximum atomic E-state index is 12.0. The van der Waals surface area contributed by atoms with Crippen LogP contribution in [0.4, 0.5) is 5.69 Å². The molecule has 0 aliphatic heterocycles. The number of benzene rings is 2. The highest BCUT2D eigenvalue weighted by molar-refractivity contribution is 5.85. The molecule has 2 aromatic carbocycles. The SMILES string of the molecule is COc1ccc(C(C)(C(=O)O)c2ccc(N(C)C)cc2)cc1. The Kier molecular flexibility index (Phi) is 4.40. The Bertz CT molecular complexity index is 647. The maximum Gasteiger partial charge on any atom is 0.318 e. The van der Waals surface area contributed by atoms with Crippen molar-refractivity contribution in [3.8, 4) is 5.75 Å². The first-order chi connectivity index (χ1) is 10.4. The molecule has 0 heterocycles. The molecule has 2 rings (SSSR count). The predicted octanol–water partition coefficient (Wildman–Crippen LogP) is 3.15. The van der Waals surface area contributed by atoms with Crippen LogP contribution in [0.1, 0.15) is 18.1 Å². The van der Waals surface area contributed by atoms with Crippen molar-refractivity contribution in [2.24, 2.45) is 0 Å². The standard InChI is InChI=1S/C18H21NO3/c1-18(17(20)21,14-7-11-16(22-4)12-8-14)13-5-9-15(10-6-13)19(2)3/h5-12H,1-4H3,(H,20,21). The third-order valence-corrected chi connectivity index (χ3v) is 4.06. The number of rotatable bonds is 5. The quantitative estimate of drug-likeness (QED) is 0.921. The lowest BCUT2D eigenvalue weighted by Gasteiger charge is -2.27. The van der Waals surface area contributed by atoms with Crippen molar-refractivity contribution in [2.75, 3.05) is 26.1 Å². The average molecular weight is 299 g/mol. The molecular formula is C18H21NO3. The van der Waals surface area contributed by atoms with Gasteiger partial charge in [0.05, 0.1) is 7.11 Å². The summed E-state index contributed by atoms with van der Waals surface area (Å²) >= 11 is 0. The lowest BCUT2D eigenvalue weighted by Crippen LogP contribution is -2.33. The zero-order valence-corrected chi connectivity index (χ0v) is 13.3. The van der Waals surface area contributed by atoms with E-state index >= 15 is 0 Å². The summed E-state index contributed by atoms with van der Waals surface area (Å²) in [5.74, 6) is -0.172. The second-order valence-electron chi connectivity index (χ2n) is 5.60. The zero-order chi connectivity index (χ0) is 16.3. The van der Waals surface area contributed by atoms with Crippen LogP contribution in [0.3, 0.4) is 0 Å². The summed E-state index contributed by atoms with van der Waals surface area (Å²) in [6.45, 7) is 1.72. The van der Waals surface area contributed by atoms with Gasteiger partial charge in [-0.1, -0.05) is 24.3 Å². The largest absolute Gasteiger partial charge is 0.497 e. The summed E-state index contributed by atoms with van der Waals surface area (Å²) in [4.78, 5) is 13.9. The Hall–Kier alpha value is -2.49. The number of aliphatic carboxylic acids is 1. The van der Waals surface area contributed by atoms with Crippen molar-refractivity contribution in [1.29, 1.82) is 0 Å². The number of hydrogen-bond acceptors (Lipinski definition) is 3. The molecule has 0 fully saturated rings. The van der Waals surface area contributed by atoms with Gasteiger partial charge in [0.25, 0.3) is 0 Å². The smallest absolute Gasteiger partial charge is 0.318 e. The van der Waals surface area contributed by atoms with E-state index in [1.54, 1.807) is 38.3 Å². The minimum atomic E-state index is -1.10. The van der Waals surface area contributed by atoms with Gasteiger partial charge in [0.15, 0.2) is 0 Å². The Balaban J connectivity index is 2.49. The fraction of sp³-hybridized carbons (Fsp3) is 0.278. The van der Waals surface area contributed by atoms with E-state index in [9.17, 15) is 9.90 Å². The summed E-state index contributed by atoms with van der Waals surface area (Å²) < 4.78 is 5.14. The molecule has 0 aliphatic carbocycles. The summed E-state index contributed by atoms with van der Waals surface area (Å²) in [5, 5.41) is 9.80. The molecule has 0 aliphatic rings. The van der Waals surface area contributed by atoms with Gasteiger partial charge in [-0.05, 0) is 42.3 Å². The summed E-state index contributed by atoms with van der Waals surface area (Å²) in [7, 11) is 5.50. The van der Waals surface area contributed by atoms with Gasteiger partial charge in [0.1, 0.15) is 11.2 Å². The van der Waals surface area contributed by atoms with Gasteiger partial charge in [-0.2, -0.15) is 0 Å². The number of carboxylic acid groups (broad SMARTS) is 1. The molecular weight excluding hydrogens is 278 g/mol. The fourth-order valence-electron chi connectivity index (χ4n) is 2.43. The molecule has 1 atom stereocenters. The minimum absolute atomic E-state index is 0.708. The first-order valence-corrected chi connectivity index (χ1v) is 7.05. The molecule has 2 aromatic rings. The highest BCUT2D eigenvalue weighted by atomic mass is 16.5. The second kappa shape index (κ2) is 6.10. The lowest BCUT2D eigenvalue weighted by atomic mass is 9.76. The molecule has 0 saturated carbocycles. The number of anilines is 1. The molecule has 0 amide bonds. The first-order valence-electron chi connectivity index (χ1n) is 7.05. The molecule has 0 spiro atoms. The van der Waals surface area contributed by atoms with E-state index in [-0.39, 0.29) is 0 Å². The monoisotopic (exact) mass is 299 g/mol. The van der Waals surface area contributed by atoms with Gasteiger partial charge >= 0.3 is 5.97 Å². The summed E-state index contributed by atoms with van der Waals surface area (Å²) in [5.41, 5.74) is 1.40. The summed E-state index contributed by atoms with van der Waals surface area (Å²) in [6, 6.07) is 14.8. The number of methoxy groups -OCH3 is 1. The first kappa shape index (κ1) is 15.9. The van der Waals surface area contributed by atoms with Crippen molar-refractivity contribution in [3.63, 3.8) is 0 Å². The van der Waals surface area contributed by atoms with Crippen molar-refractivity contribution >= 4 is 11.7 Å². The Morgan fingerprint density at radius 1 is 1.00 bits per heavy atom. The molecule has 0 bridgehead atoms. The average Bonchev–Trinajstić information content (AvgIpc) is 2.54. The molecule has 1 N–H and O–H groups in total. The van der Waals surface area contributed by atoms with Crippen molar-refractivity contribution in [1.82, 2.24) is 0 Å². The Labute approximate surface area is 131 Å². The topological polar surface area (TPSA) is 49.8 Å². The van der Waals surface area contributed by atoms with Crippen molar-refractivity contribution < 1.29 is 14.6 Å². The summed E-state index contributed by atoms with van der Waals surface area (Å²) in [6.07, 6.45) is 0. The Morgan fingerprint density at radius 2 is 1.45 bits per heavy atom. The van der Waals surface area contributed by atoms with Crippen LogP contribution in [-0.2, 0) is 10.2 Å². The minimum Gasteiger partial charge on any atom is -0.497 e. The van der Waals surface area contributed by atoms with E-state index in [2.05, 4.69) is 0 Å². The van der Waals surface area contributed by atoms with Crippen molar-refractivity contribution in [2.45, 2.75) is 12.3 Å². The normalized spacial score (nSPS) is 13.3. The van der Waals surface area contributed by atoms with Crippen LogP contribution in [0.15, 0.2) is 48.5 Å². The van der Waals surface area contributed by atoms with Gasteiger partial charge in [-0.3, -0.25) is 4.79 Å². The molecule has 1 unspecified atom stereocenters. The molecule has 116 valence electrons. The molecule has 4 heteroatoms. The Morgan fingerprint density at radius 3 is 1.82 bits per heavy atom. The van der Waals surface area contributed by atoms with Crippen LogP contribution < -0.4 is 9.64 Å². The zero-order valence-electron chi connectivity index (χ0n) is 13.3. The van der Waals surface area contributed by atoms with Gasteiger partial charge < -0.3 is 14.7 Å². The van der Waals surface area contributed by atoms with Crippen LogP contribution in [0.5, 0.6) is 5.75 Å². The van der Waals surface area contributed by atoms with Crippen LogP contribution >= 0.6 is 0 Å². The van der Waals surface area contributed by atoms with E-state index in [1.165, 1.54) is 0 Å². The fourth-order valence-corrected chi connectivity index (χ4v) is 2.43.